The number of nitrogens with zero attached hydrogens (tertiary/aromatic N) is 4. The third-order valence-electron chi connectivity index (χ3n) is 4.85. The first-order valence-corrected chi connectivity index (χ1v) is 11.4. The van der Waals surface area contributed by atoms with Crippen molar-refractivity contribution in [2.24, 2.45) is 0 Å². The number of hydrogen-bond donors (Lipinski definition) is 3. The fourth-order valence-corrected chi connectivity index (χ4v) is 3.54. The number of carbonyl (C=O) groups excluding carboxylic acids is 1. The van der Waals surface area contributed by atoms with E-state index in [0.29, 0.717) is 53.7 Å². The number of halogens is 2. The van der Waals surface area contributed by atoms with Crippen LogP contribution in [0.15, 0.2) is 73.3 Å². The predicted molar refractivity (Wildman–Crippen MR) is 135 cm³/mol. The zero-order valence-corrected chi connectivity index (χ0v) is 19.7. The van der Waals surface area contributed by atoms with E-state index in [1.165, 1.54) is 0 Å². The highest BCUT2D eigenvalue weighted by molar-refractivity contribution is 6.30. The van der Waals surface area contributed by atoms with Crippen molar-refractivity contribution in [1.29, 1.82) is 0 Å². The zero-order chi connectivity index (χ0) is 23.8. The number of amides is 1. The SMILES string of the molecule is O=C(Cc1ccc(Cl)cc1)NCCNc1cc(-n2ccnc2)nc(NCc2cccc(Cl)c2)n1. The van der Waals surface area contributed by atoms with Crippen molar-refractivity contribution >= 4 is 40.9 Å². The molecule has 0 bridgehead atoms. The van der Waals surface area contributed by atoms with Gasteiger partial charge in [0.25, 0.3) is 0 Å². The second-order valence-corrected chi connectivity index (χ2v) is 8.34. The summed E-state index contributed by atoms with van der Waals surface area (Å²) in [6.07, 6.45) is 5.46. The van der Waals surface area contributed by atoms with Crippen LogP contribution in [0.3, 0.4) is 0 Å². The summed E-state index contributed by atoms with van der Waals surface area (Å²) >= 11 is 12.0. The van der Waals surface area contributed by atoms with Crippen LogP contribution in [0.5, 0.6) is 0 Å². The van der Waals surface area contributed by atoms with Crippen LogP contribution in [0.4, 0.5) is 11.8 Å². The molecule has 0 saturated heterocycles. The number of rotatable bonds is 10. The molecule has 4 aromatic rings. The topological polar surface area (TPSA) is 96.8 Å². The second-order valence-electron chi connectivity index (χ2n) is 7.47. The van der Waals surface area contributed by atoms with Crippen molar-refractivity contribution in [3.8, 4) is 5.82 Å². The lowest BCUT2D eigenvalue weighted by Gasteiger charge is -2.12. The molecule has 0 aliphatic heterocycles. The summed E-state index contributed by atoms with van der Waals surface area (Å²) in [4.78, 5) is 25.4. The van der Waals surface area contributed by atoms with Gasteiger partial charge in [-0.1, -0.05) is 47.5 Å². The lowest BCUT2D eigenvalue weighted by Crippen LogP contribution is -2.30. The fourth-order valence-electron chi connectivity index (χ4n) is 3.20. The van der Waals surface area contributed by atoms with Crippen molar-refractivity contribution in [3.63, 3.8) is 0 Å². The molecule has 0 atom stereocenters. The molecule has 8 nitrogen and oxygen atoms in total. The van der Waals surface area contributed by atoms with Gasteiger partial charge in [0.15, 0.2) is 0 Å². The number of imidazole rings is 1. The minimum Gasteiger partial charge on any atom is -0.368 e. The minimum atomic E-state index is -0.0604. The van der Waals surface area contributed by atoms with Crippen LogP contribution in [0.2, 0.25) is 10.0 Å². The maximum atomic E-state index is 12.2. The molecule has 0 unspecified atom stereocenters. The molecular weight excluding hydrogens is 473 g/mol. The Balaban J connectivity index is 1.35. The fraction of sp³-hybridized carbons (Fsp3) is 0.167. The van der Waals surface area contributed by atoms with Gasteiger partial charge in [0.1, 0.15) is 18.0 Å². The Bertz CT molecular complexity index is 1230. The Morgan fingerprint density at radius 1 is 0.912 bits per heavy atom. The molecule has 0 fully saturated rings. The van der Waals surface area contributed by atoms with Crippen molar-refractivity contribution < 1.29 is 4.79 Å². The number of anilines is 2. The summed E-state index contributed by atoms with van der Waals surface area (Å²) in [6.45, 7) is 1.47. The Hall–Kier alpha value is -3.62. The van der Waals surface area contributed by atoms with Crippen molar-refractivity contribution in [3.05, 3.63) is 94.5 Å². The van der Waals surface area contributed by atoms with Crippen LogP contribution in [0.25, 0.3) is 5.82 Å². The van der Waals surface area contributed by atoms with E-state index in [2.05, 4.69) is 30.9 Å². The summed E-state index contributed by atoms with van der Waals surface area (Å²) in [6, 6.07) is 16.7. The summed E-state index contributed by atoms with van der Waals surface area (Å²) < 4.78 is 1.80. The van der Waals surface area contributed by atoms with Gasteiger partial charge in [0, 0.05) is 48.1 Å². The molecule has 0 aliphatic carbocycles. The van der Waals surface area contributed by atoms with Gasteiger partial charge in [-0.25, -0.2) is 4.98 Å². The molecule has 0 spiro atoms. The zero-order valence-electron chi connectivity index (χ0n) is 18.2. The minimum absolute atomic E-state index is 0.0604. The quantitative estimate of drug-likeness (QED) is 0.283. The largest absolute Gasteiger partial charge is 0.368 e. The molecule has 10 heteroatoms. The van der Waals surface area contributed by atoms with E-state index < -0.39 is 0 Å². The number of hydrogen-bond acceptors (Lipinski definition) is 6. The first-order chi connectivity index (χ1) is 16.5. The Labute approximate surface area is 207 Å². The highest BCUT2D eigenvalue weighted by Gasteiger charge is 2.08. The Morgan fingerprint density at radius 2 is 1.76 bits per heavy atom. The molecule has 34 heavy (non-hydrogen) atoms. The van der Waals surface area contributed by atoms with Gasteiger partial charge >= 0.3 is 0 Å². The van der Waals surface area contributed by atoms with E-state index in [-0.39, 0.29) is 5.91 Å². The number of nitrogens with one attached hydrogen (secondary N) is 3. The molecule has 174 valence electrons. The highest BCUT2D eigenvalue weighted by atomic mass is 35.5. The molecule has 2 aromatic heterocycles. The van der Waals surface area contributed by atoms with E-state index in [1.54, 1.807) is 29.2 Å². The normalized spacial score (nSPS) is 10.6. The van der Waals surface area contributed by atoms with Crippen LogP contribution in [-0.2, 0) is 17.8 Å². The molecule has 0 saturated carbocycles. The van der Waals surface area contributed by atoms with Crippen LogP contribution in [-0.4, -0.2) is 38.5 Å². The van der Waals surface area contributed by atoms with E-state index >= 15 is 0 Å². The molecule has 0 aliphatic rings. The summed E-state index contributed by atoms with van der Waals surface area (Å²) in [5, 5.41) is 10.7. The lowest BCUT2D eigenvalue weighted by molar-refractivity contribution is -0.120. The predicted octanol–water partition coefficient (Wildman–Crippen LogP) is 4.35. The van der Waals surface area contributed by atoms with Crippen LogP contribution < -0.4 is 16.0 Å². The van der Waals surface area contributed by atoms with Crippen molar-refractivity contribution in [2.75, 3.05) is 23.7 Å². The molecular formula is C24H23Cl2N7O. The number of aromatic nitrogens is 4. The molecule has 3 N–H and O–H groups in total. The maximum Gasteiger partial charge on any atom is 0.226 e. The second kappa shape index (κ2) is 11.5. The van der Waals surface area contributed by atoms with Gasteiger partial charge in [-0.3, -0.25) is 9.36 Å². The van der Waals surface area contributed by atoms with Crippen LogP contribution in [0.1, 0.15) is 11.1 Å². The standard InChI is InChI=1S/C24H23Cl2N7O/c25-19-6-4-17(5-7-19)13-23(34)29-9-8-28-21-14-22(33-11-10-27-16-33)32-24(31-21)30-15-18-2-1-3-20(26)12-18/h1-7,10-12,14,16H,8-9,13,15H2,(H,29,34)(H2,28,30,31,32). The van der Waals surface area contributed by atoms with Gasteiger partial charge in [-0.05, 0) is 35.4 Å². The molecule has 0 radical (unpaired) electrons. The summed E-state index contributed by atoms with van der Waals surface area (Å²) in [5.74, 6) is 1.69. The van der Waals surface area contributed by atoms with Crippen LogP contribution in [0, 0.1) is 0 Å². The maximum absolute atomic E-state index is 12.2. The highest BCUT2D eigenvalue weighted by Crippen LogP contribution is 2.16. The molecule has 2 aromatic carbocycles. The Kier molecular flexibility index (Phi) is 7.95. The first-order valence-electron chi connectivity index (χ1n) is 10.7. The molecule has 4 rings (SSSR count). The van der Waals surface area contributed by atoms with Crippen molar-refractivity contribution in [2.45, 2.75) is 13.0 Å². The Morgan fingerprint density at radius 3 is 2.53 bits per heavy atom. The third kappa shape index (κ3) is 6.94. The van der Waals surface area contributed by atoms with Crippen LogP contribution >= 0.6 is 23.2 Å². The molecule has 1 amide bonds. The van der Waals surface area contributed by atoms with E-state index in [9.17, 15) is 4.79 Å². The smallest absolute Gasteiger partial charge is 0.226 e. The summed E-state index contributed by atoms with van der Waals surface area (Å²) in [5.41, 5.74) is 1.92. The van der Waals surface area contributed by atoms with E-state index in [0.717, 1.165) is 11.1 Å². The lowest BCUT2D eigenvalue weighted by atomic mass is 10.1. The van der Waals surface area contributed by atoms with E-state index in [1.807, 2.05) is 48.7 Å². The third-order valence-corrected chi connectivity index (χ3v) is 5.34. The monoisotopic (exact) mass is 495 g/mol. The van der Waals surface area contributed by atoms with E-state index in [4.69, 9.17) is 23.2 Å². The van der Waals surface area contributed by atoms with Gasteiger partial charge in [-0.2, -0.15) is 9.97 Å². The number of benzene rings is 2. The van der Waals surface area contributed by atoms with Gasteiger partial charge < -0.3 is 16.0 Å². The van der Waals surface area contributed by atoms with Gasteiger partial charge in [0.2, 0.25) is 11.9 Å². The van der Waals surface area contributed by atoms with Gasteiger partial charge in [-0.15, -0.1) is 0 Å². The average molecular weight is 496 g/mol. The molecule has 2 heterocycles. The summed E-state index contributed by atoms with van der Waals surface area (Å²) in [7, 11) is 0. The first kappa shape index (κ1) is 23.5. The van der Waals surface area contributed by atoms with Crippen molar-refractivity contribution in [1.82, 2.24) is 24.8 Å². The average Bonchev–Trinajstić information content (AvgIpc) is 3.37. The number of carbonyl (C=O) groups is 1. The van der Waals surface area contributed by atoms with Gasteiger partial charge in [0.05, 0.1) is 6.42 Å².